The number of carbonyl (C=O) groups excluding carboxylic acids is 1. The van der Waals surface area contributed by atoms with Crippen LogP contribution in [0.4, 0.5) is 11.5 Å². The van der Waals surface area contributed by atoms with Crippen molar-refractivity contribution in [2.75, 3.05) is 32.4 Å². The van der Waals surface area contributed by atoms with Gasteiger partial charge in [-0.15, -0.1) is 0 Å². The largest absolute Gasteiger partial charge is 0.384 e. The van der Waals surface area contributed by atoms with E-state index in [2.05, 4.69) is 9.88 Å². The predicted octanol–water partition coefficient (Wildman–Crippen LogP) is 0.738. The standard InChI is InChI=1S/C13H19N5O3/c1-9-8-16(2)4-3-5-17(9)13(19)10-6-12(14)15-7-11(10)18(20)21/h6-7,9H,3-5,8H2,1-2H3,(H2,14,15). The number of aromatic nitrogens is 1. The van der Waals surface area contributed by atoms with E-state index in [0.717, 1.165) is 25.7 Å². The minimum absolute atomic E-state index is 0.00361. The first kappa shape index (κ1) is 15.2. The summed E-state index contributed by atoms with van der Waals surface area (Å²) in [6.45, 7) is 4.15. The second-order valence-electron chi connectivity index (χ2n) is 5.35. The molecule has 1 aromatic heterocycles. The van der Waals surface area contributed by atoms with E-state index in [-0.39, 0.29) is 29.0 Å². The van der Waals surface area contributed by atoms with Gasteiger partial charge in [0.25, 0.3) is 11.6 Å². The molecule has 2 rings (SSSR count). The summed E-state index contributed by atoms with van der Waals surface area (Å²) in [6.07, 6.45) is 1.87. The van der Waals surface area contributed by atoms with Crippen molar-refractivity contribution in [1.29, 1.82) is 0 Å². The second kappa shape index (κ2) is 6.04. The molecule has 8 heteroatoms. The maximum Gasteiger partial charge on any atom is 0.300 e. The van der Waals surface area contributed by atoms with Gasteiger partial charge in [-0.25, -0.2) is 4.98 Å². The fourth-order valence-corrected chi connectivity index (χ4v) is 2.61. The Kier molecular flexibility index (Phi) is 4.37. The third-order valence-electron chi connectivity index (χ3n) is 3.64. The highest BCUT2D eigenvalue weighted by atomic mass is 16.6. The number of carbonyl (C=O) groups is 1. The molecule has 0 bridgehead atoms. The van der Waals surface area contributed by atoms with Crippen molar-refractivity contribution in [2.45, 2.75) is 19.4 Å². The van der Waals surface area contributed by atoms with Gasteiger partial charge < -0.3 is 15.5 Å². The van der Waals surface area contributed by atoms with Crippen LogP contribution < -0.4 is 5.73 Å². The lowest BCUT2D eigenvalue weighted by Crippen LogP contribution is -2.42. The van der Waals surface area contributed by atoms with Gasteiger partial charge in [-0.3, -0.25) is 14.9 Å². The Bertz CT molecular complexity index is 563. The van der Waals surface area contributed by atoms with Crippen molar-refractivity contribution in [1.82, 2.24) is 14.8 Å². The van der Waals surface area contributed by atoms with Crippen LogP contribution >= 0.6 is 0 Å². The Balaban J connectivity index is 2.34. The zero-order valence-corrected chi connectivity index (χ0v) is 12.2. The lowest BCUT2D eigenvalue weighted by molar-refractivity contribution is -0.385. The molecule has 0 saturated carbocycles. The summed E-state index contributed by atoms with van der Waals surface area (Å²) in [5.74, 6) is -0.262. The lowest BCUT2D eigenvalue weighted by atomic mass is 10.1. The quantitative estimate of drug-likeness (QED) is 0.636. The highest BCUT2D eigenvalue weighted by molar-refractivity contribution is 5.98. The molecule has 1 aliphatic rings. The van der Waals surface area contributed by atoms with E-state index in [4.69, 9.17) is 5.73 Å². The number of amides is 1. The molecule has 1 saturated heterocycles. The molecular weight excluding hydrogens is 274 g/mol. The molecule has 8 nitrogen and oxygen atoms in total. The van der Waals surface area contributed by atoms with Gasteiger partial charge in [0, 0.05) is 19.1 Å². The number of anilines is 1. The minimum Gasteiger partial charge on any atom is -0.384 e. The summed E-state index contributed by atoms with van der Waals surface area (Å²) in [5, 5.41) is 11.1. The molecule has 0 aliphatic carbocycles. The van der Waals surface area contributed by atoms with Crippen molar-refractivity contribution < 1.29 is 9.72 Å². The van der Waals surface area contributed by atoms with Crippen molar-refractivity contribution in [3.63, 3.8) is 0 Å². The zero-order chi connectivity index (χ0) is 15.6. The van der Waals surface area contributed by atoms with Crippen molar-refractivity contribution >= 4 is 17.4 Å². The topological polar surface area (TPSA) is 106 Å². The summed E-state index contributed by atoms with van der Waals surface area (Å²) in [6, 6.07) is 1.26. The number of nitrogens with zero attached hydrogens (tertiary/aromatic N) is 4. The highest BCUT2D eigenvalue weighted by Crippen LogP contribution is 2.23. The number of hydrogen-bond acceptors (Lipinski definition) is 6. The molecule has 1 unspecified atom stereocenters. The van der Waals surface area contributed by atoms with Gasteiger partial charge in [-0.1, -0.05) is 0 Å². The molecule has 0 spiro atoms. The van der Waals surface area contributed by atoms with E-state index < -0.39 is 4.92 Å². The lowest BCUT2D eigenvalue weighted by Gasteiger charge is -2.28. The SMILES string of the molecule is CC1CN(C)CCCN1C(=O)c1cc(N)ncc1[N+](=O)[O-]. The van der Waals surface area contributed by atoms with E-state index in [0.29, 0.717) is 6.54 Å². The van der Waals surface area contributed by atoms with Crippen LogP contribution in [0.15, 0.2) is 12.3 Å². The van der Waals surface area contributed by atoms with Gasteiger partial charge in [-0.2, -0.15) is 0 Å². The number of hydrogen-bond donors (Lipinski definition) is 1. The number of rotatable bonds is 2. The van der Waals surface area contributed by atoms with Gasteiger partial charge >= 0.3 is 0 Å². The van der Waals surface area contributed by atoms with Gasteiger partial charge in [0.1, 0.15) is 17.6 Å². The Morgan fingerprint density at radius 2 is 2.24 bits per heavy atom. The molecule has 1 aromatic rings. The number of nitrogens with two attached hydrogens (primary N) is 1. The Morgan fingerprint density at radius 1 is 1.52 bits per heavy atom. The van der Waals surface area contributed by atoms with Gasteiger partial charge in [0.05, 0.1) is 4.92 Å². The van der Waals surface area contributed by atoms with Gasteiger partial charge in [0.15, 0.2) is 0 Å². The van der Waals surface area contributed by atoms with Gasteiger partial charge in [0.2, 0.25) is 0 Å². The molecular formula is C13H19N5O3. The normalized spacial score (nSPS) is 20.1. The predicted molar refractivity (Wildman–Crippen MR) is 77.9 cm³/mol. The summed E-state index contributed by atoms with van der Waals surface area (Å²) in [4.78, 5) is 30.6. The number of nitrogen functional groups attached to an aromatic ring is 1. The van der Waals surface area contributed by atoms with E-state index in [1.165, 1.54) is 6.07 Å². The van der Waals surface area contributed by atoms with E-state index in [1.807, 2.05) is 14.0 Å². The van der Waals surface area contributed by atoms with Crippen LogP contribution in [0.1, 0.15) is 23.7 Å². The summed E-state index contributed by atoms with van der Waals surface area (Å²) < 4.78 is 0. The van der Waals surface area contributed by atoms with Crippen LogP contribution in [0.5, 0.6) is 0 Å². The first-order valence-corrected chi connectivity index (χ1v) is 6.79. The molecule has 0 radical (unpaired) electrons. The Labute approximate surface area is 122 Å². The Hall–Kier alpha value is -2.22. The van der Waals surface area contributed by atoms with Crippen LogP contribution in [0.25, 0.3) is 0 Å². The molecule has 2 N–H and O–H groups in total. The number of nitro groups is 1. The van der Waals surface area contributed by atoms with Crippen molar-refractivity contribution in [2.24, 2.45) is 0 Å². The van der Waals surface area contributed by atoms with E-state index in [1.54, 1.807) is 4.90 Å². The molecule has 2 heterocycles. The van der Waals surface area contributed by atoms with E-state index >= 15 is 0 Å². The van der Waals surface area contributed by atoms with Crippen LogP contribution in [-0.2, 0) is 0 Å². The average molecular weight is 293 g/mol. The first-order valence-electron chi connectivity index (χ1n) is 6.79. The molecule has 1 atom stereocenters. The maximum absolute atomic E-state index is 12.7. The minimum atomic E-state index is -0.603. The maximum atomic E-state index is 12.7. The third kappa shape index (κ3) is 3.27. The van der Waals surface area contributed by atoms with Crippen LogP contribution in [0.3, 0.4) is 0 Å². The molecule has 114 valence electrons. The number of pyridine rings is 1. The highest BCUT2D eigenvalue weighted by Gasteiger charge is 2.30. The average Bonchev–Trinajstić information content (AvgIpc) is 2.58. The monoisotopic (exact) mass is 293 g/mol. The van der Waals surface area contributed by atoms with E-state index in [9.17, 15) is 14.9 Å². The molecule has 1 amide bonds. The molecule has 21 heavy (non-hydrogen) atoms. The molecule has 1 aliphatic heterocycles. The third-order valence-corrected chi connectivity index (χ3v) is 3.64. The first-order chi connectivity index (χ1) is 9.90. The second-order valence-corrected chi connectivity index (χ2v) is 5.35. The summed E-state index contributed by atoms with van der Waals surface area (Å²) in [5.41, 5.74) is 5.27. The summed E-state index contributed by atoms with van der Waals surface area (Å²) >= 11 is 0. The van der Waals surface area contributed by atoms with Crippen LogP contribution in [0.2, 0.25) is 0 Å². The Morgan fingerprint density at radius 3 is 2.90 bits per heavy atom. The zero-order valence-electron chi connectivity index (χ0n) is 12.2. The smallest absolute Gasteiger partial charge is 0.300 e. The molecule has 1 fully saturated rings. The van der Waals surface area contributed by atoms with Crippen molar-refractivity contribution in [3.8, 4) is 0 Å². The molecule has 0 aromatic carbocycles. The van der Waals surface area contributed by atoms with Gasteiger partial charge in [-0.05, 0) is 33.0 Å². The fourth-order valence-electron chi connectivity index (χ4n) is 2.61. The van der Waals surface area contributed by atoms with Crippen LogP contribution in [-0.4, -0.2) is 58.3 Å². The number of likely N-dealkylation sites (N-methyl/N-ethyl adjacent to an activating group) is 1. The van der Waals surface area contributed by atoms with Crippen LogP contribution in [0, 0.1) is 10.1 Å². The fraction of sp³-hybridized carbons (Fsp3) is 0.538. The summed E-state index contributed by atoms with van der Waals surface area (Å²) in [7, 11) is 2.00. The van der Waals surface area contributed by atoms with Crippen molar-refractivity contribution in [3.05, 3.63) is 27.9 Å².